The number of rotatable bonds is 10. The molecular weight excluding hydrogens is 490 g/mol. The Kier molecular flexibility index (Phi) is 7.60. The number of hydrogen-bond acceptors (Lipinski definition) is 7. The summed E-state index contributed by atoms with van der Waals surface area (Å²) in [5.41, 5.74) is 1.16. The predicted molar refractivity (Wildman–Crippen MR) is 134 cm³/mol. The highest BCUT2D eigenvalue weighted by Gasteiger charge is 2.35. The highest BCUT2D eigenvalue weighted by Crippen LogP contribution is 2.33. The molecule has 0 spiro atoms. The van der Waals surface area contributed by atoms with Gasteiger partial charge in [-0.15, -0.1) is 0 Å². The van der Waals surface area contributed by atoms with Crippen LogP contribution in [0.5, 0.6) is 11.5 Å². The smallest absolute Gasteiger partial charge is 0.279 e. The van der Waals surface area contributed by atoms with E-state index in [1.165, 1.54) is 39.9 Å². The summed E-state index contributed by atoms with van der Waals surface area (Å²) < 4.78 is 46.1. The molecule has 1 amide bonds. The Labute approximate surface area is 208 Å². The summed E-state index contributed by atoms with van der Waals surface area (Å²) in [6.45, 7) is 3.46. The van der Waals surface area contributed by atoms with Crippen LogP contribution in [0.4, 0.5) is 0 Å². The maximum Gasteiger partial charge on any atom is 0.279 e. The van der Waals surface area contributed by atoms with Gasteiger partial charge in [0.25, 0.3) is 5.91 Å². The van der Waals surface area contributed by atoms with Gasteiger partial charge in [-0.1, -0.05) is 11.3 Å². The molecule has 0 atom stereocenters. The van der Waals surface area contributed by atoms with Crippen LogP contribution in [0, 0.1) is 0 Å². The molecule has 1 aliphatic carbocycles. The van der Waals surface area contributed by atoms with Crippen LogP contribution >= 0.6 is 11.3 Å². The van der Waals surface area contributed by atoms with Crippen LogP contribution in [0.1, 0.15) is 30.1 Å². The molecule has 0 bridgehead atoms. The number of methoxy groups -OCH3 is 2. The van der Waals surface area contributed by atoms with Crippen molar-refractivity contribution < 1.29 is 27.4 Å². The summed E-state index contributed by atoms with van der Waals surface area (Å²) in [6.07, 6.45) is 1.75. The fourth-order valence-electron chi connectivity index (χ4n) is 3.72. The highest BCUT2D eigenvalue weighted by atomic mass is 32.2. The van der Waals surface area contributed by atoms with Crippen LogP contribution in [0.25, 0.3) is 10.2 Å². The number of nitrogens with zero attached hydrogens (tertiary/aromatic N) is 3. The molecule has 1 aromatic heterocycles. The average Bonchev–Trinajstić information content (AvgIpc) is 3.66. The van der Waals surface area contributed by atoms with Gasteiger partial charge in [-0.3, -0.25) is 4.79 Å². The zero-order valence-corrected chi connectivity index (χ0v) is 21.8. The van der Waals surface area contributed by atoms with Crippen LogP contribution in [0.3, 0.4) is 0 Å². The minimum Gasteiger partial charge on any atom is -0.493 e. The van der Waals surface area contributed by atoms with E-state index in [1.54, 1.807) is 21.3 Å². The summed E-state index contributed by atoms with van der Waals surface area (Å²) >= 11 is 1.36. The molecule has 3 aromatic rings. The fraction of sp³-hybridized carbons (Fsp3) is 0.417. The number of thiazole rings is 1. The monoisotopic (exact) mass is 519 g/mol. The van der Waals surface area contributed by atoms with E-state index < -0.39 is 15.9 Å². The van der Waals surface area contributed by atoms with Gasteiger partial charge in [0.2, 0.25) is 10.0 Å². The van der Waals surface area contributed by atoms with Gasteiger partial charge in [-0.2, -0.15) is 9.30 Å². The van der Waals surface area contributed by atoms with Crippen molar-refractivity contribution in [3.8, 4) is 11.5 Å². The molecule has 35 heavy (non-hydrogen) atoms. The second kappa shape index (κ2) is 10.5. The van der Waals surface area contributed by atoms with Crippen molar-refractivity contribution in [2.45, 2.75) is 37.2 Å². The topological polar surface area (TPSA) is 99.4 Å². The number of aromatic nitrogens is 1. The van der Waals surface area contributed by atoms with E-state index >= 15 is 0 Å². The number of ether oxygens (including phenoxy) is 3. The zero-order chi connectivity index (χ0) is 25.2. The Morgan fingerprint density at radius 2 is 1.80 bits per heavy atom. The number of hydrogen-bond donors (Lipinski definition) is 0. The number of sulfonamides is 1. The van der Waals surface area contributed by atoms with Crippen molar-refractivity contribution in [3.05, 3.63) is 46.8 Å². The molecule has 4 rings (SSSR count). The first kappa shape index (κ1) is 25.4. The first-order chi connectivity index (χ1) is 16.8. The van der Waals surface area contributed by atoms with E-state index in [9.17, 15) is 13.2 Å². The van der Waals surface area contributed by atoms with Gasteiger partial charge in [0.1, 0.15) is 0 Å². The first-order valence-electron chi connectivity index (χ1n) is 11.3. The van der Waals surface area contributed by atoms with E-state index in [0.717, 1.165) is 23.1 Å². The Morgan fingerprint density at radius 1 is 1.14 bits per heavy atom. The second-order valence-electron chi connectivity index (χ2n) is 8.10. The van der Waals surface area contributed by atoms with Gasteiger partial charge >= 0.3 is 0 Å². The Morgan fingerprint density at radius 3 is 2.40 bits per heavy atom. The fourth-order valence-corrected chi connectivity index (χ4v) is 6.20. The maximum absolute atomic E-state index is 13.0. The van der Waals surface area contributed by atoms with Crippen molar-refractivity contribution in [3.63, 3.8) is 0 Å². The Bertz CT molecular complexity index is 1390. The van der Waals surface area contributed by atoms with Gasteiger partial charge in [0.05, 0.1) is 35.9 Å². The summed E-state index contributed by atoms with van der Waals surface area (Å²) in [5, 5.41) is 0. The van der Waals surface area contributed by atoms with E-state index in [4.69, 9.17) is 14.2 Å². The molecule has 1 heterocycles. The first-order valence-corrected chi connectivity index (χ1v) is 13.6. The third-order valence-electron chi connectivity index (χ3n) is 5.89. The summed E-state index contributed by atoms with van der Waals surface area (Å²) in [5.74, 6) is 0.706. The van der Waals surface area contributed by atoms with Crippen LogP contribution in [0.2, 0.25) is 0 Å². The molecule has 11 heteroatoms. The van der Waals surface area contributed by atoms with Crippen molar-refractivity contribution in [1.29, 1.82) is 0 Å². The molecule has 9 nitrogen and oxygen atoms in total. The number of fused-ring (bicyclic) bond motifs is 1. The van der Waals surface area contributed by atoms with E-state index in [0.29, 0.717) is 41.6 Å². The Hall–Kier alpha value is -2.73. The lowest BCUT2D eigenvalue weighted by atomic mass is 10.2. The normalized spacial score (nSPS) is 14.6. The average molecular weight is 520 g/mol. The lowest BCUT2D eigenvalue weighted by Crippen LogP contribution is -2.28. The quantitative estimate of drug-likeness (QED) is 0.381. The van der Waals surface area contributed by atoms with Crippen molar-refractivity contribution >= 4 is 37.5 Å². The molecule has 1 saturated carbocycles. The number of amides is 1. The van der Waals surface area contributed by atoms with E-state index in [2.05, 4.69) is 4.99 Å². The van der Waals surface area contributed by atoms with Gasteiger partial charge in [-0.05, 0) is 44.0 Å². The standard InChI is InChI=1S/C24H29N3O6S2/c1-5-33-13-12-27-19-14-20(31-3)21(32-4)15-22(19)34-24(27)25-23(28)16-6-10-18(11-7-16)35(29,30)26(2)17-8-9-17/h6-7,10-11,14-15,17H,5,8-9,12-13H2,1-4H3. The molecule has 0 N–H and O–H groups in total. The van der Waals surface area contributed by atoms with E-state index in [1.807, 2.05) is 23.6 Å². The third kappa shape index (κ3) is 5.27. The molecule has 188 valence electrons. The summed E-state index contributed by atoms with van der Waals surface area (Å²) in [4.78, 5) is 18.1. The molecule has 0 unspecified atom stereocenters. The zero-order valence-electron chi connectivity index (χ0n) is 20.2. The summed E-state index contributed by atoms with van der Waals surface area (Å²) in [7, 11) is 1.16. The molecule has 0 radical (unpaired) electrons. The molecule has 1 aliphatic rings. The third-order valence-corrected chi connectivity index (χ3v) is 8.85. The van der Waals surface area contributed by atoms with Gasteiger partial charge in [0.15, 0.2) is 16.3 Å². The van der Waals surface area contributed by atoms with Gasteiger partial charge in [0, 0.05) is 43.9 Å². The molecule has 0 aliphatic heterocycles. The number of carbonyl (C=O) groups excluding carboxylic acids is 1. The number of carbonyl (C=O) groups is 1. The van der Waals surface area contributed by atoms with Crippen LogP contribution < -0.4 is 14.3 Å². The minimum atomic E-state index is -3.58. The lowest BCUT2D eigenvalue weighted by molar-refractivity contribution is 0.0996. The van der Waals surface area contributed by atoms with Crippen LogP contribution in [-0.2, 0) is 21.3 Å². The van der Waals surface area contributed by atoms with Crippen LogP contribution in [-0.4, -0.2) is 63.7 Å². The lowest BCUT2D eigenvalue weighted by Gasteiger charge is -2.16. The molecule has 0 saturated heterocycles. The number of benzene rings is 2. The SMILES string of the molecule is CCOCCn1c(=NC(=O)c2ccc(S(=O)(=O)N(C)C3CC3)cc2)sc2cc(OC)c(OC)cc21. The van der Waals surface area contributed by atoms with Crippen molar-refractivity contribution in [1.82, 2.24) is 8.87 Å². The predicted octanol–water partition coefficient (Wildman–Crippen LogP) is 3.28. The second-order valence-corrected chi connectivity index (χ2v) is 11.1. The van der Waals surface area contributed by atoms with Gasteiger partial charge in [-0.25, -0.2) is 8.42 Å². The Balaban J connectivity index is 1.69. The minimum absolute atomic E-state index is 0.0636. The van der Waals surface area contributed by atoms with E-state index in [-0.39, 0.29) is 10.9 Å². The highest BCUT2D eigenvalue weighted by molar-refractivity contribution is 7.89. The molecule has 2 aromatic carbocycles. The summed E-state index contributed by atoms with van der Waals surface area (Å²) in [6, 6.07) is 9.70. The maximum atomic E-state index is 13.0. The molecular formula is C24H29N3O6S2. The van der Waals surface area contributed by atoms with Crippen molar-refractivity contribution in [2.24, 2.45) is 4.99 Å². The molecule has 1 fully saturated rings. The van der Waals surface area contributed by atoms with Crippen LogP contribution in [0.15, 0.2) is 46.3 Å². The van der Waals surface area contributed by atoms with Crippen molar-refractivity contribution in [2.75, 3.05) is 34.5 Å². The van der Waals surface area contributed by atoms with Gasteiger partial charge < -0.3 is 18.8 Å². The largest absolute Gasteiger partial charge is 0.493 e.